The van der Waals surface area contributed by atoms with E-state index in [2.05, 4.69) is 20.8 Å². The zero-order valence-electron chi connectivity index (χ0n) is 14.4. The van der Waals surface area contributed by atoms with E-state index in [1.54, 1.807) is 0 Å². The first-order valence-electron chi connectivity index (χ1n) is 8.44. The average molecular weight is 328 g/mol. The molecular formula is C18H24N4O2. The van der Waals surface area contributed by atoms with Gasteiger partial charge in [0.05, 0.1) is 0 Å². The summed E-state index contributed by atoms with van der Waals surface area (Å²) in [5, 5.41) is 9.89. The molecule has 24 heavy (non-hydrogen) atoms. The Morgan fingerprint density at radius 1 is 1.17 bits per heavy atom. The zero-order valence-corrected chi connectivity index (χ0v) is 14.4. The van der Waals surface area contributed by atoms with Gasteiger partial charge in [0.1, 0.15) is 0 Å². The van der Waals surface area contributed by atoms with Gasteiger partial charge < -0.3 is 15.2 Å². The minimum Gasteiger partial charge on any atom is -0.338 e. The van der Waals surface area contributed by atoms with E-state index in [1.807, 2.05) is 45.0 Å². The molecule has 1 aliphatic carbocycles. The van der Waals surface area contributed by atoms with Crippen molar-refractivity contribution in [3.63, 3.8) is 0 Å². The lowest BCUT2D eigenvalue weighted by atomic mass is 9.97. The van der Waals surface area contributed by atoms with Crippen molar-refractivity contribution in [1.29, 1.82) is 0 Å². The standard InChI is InChI=1S/C18H24N4O2/c1-18(2,3)16-21-15(22-24-16)12-8-10-14(11-9-12)20-17(23)19-13-6-4-5-7-13/h8-11,13H,4-7H2,1-3H3,(H2,19,20,23). The van der Waals surface area contributed by atoms with Crippen LogP contribution < -0.4 is 10.6 Å². The first-order chi connectivity index (χ1) is 11.4. The third kappa shape index (κ3) is 3.93. The number of urea groups is 1. The topological polar surface area (TPSA) is 80.0 Å². The van der Waals surface area contributed by atoms with Crippen molar-refractivity contribution in [3.05, 3.63) is 30.2 Å². The molecule has 6 heteroatoms. The molecule has 1 fully saturated rings. The second kappa shape index (κ2) is 6.63. The highest BCUT2D eigenvalue weighted by Crippen LogP contribution is 2.24. The molecule has 0 unspecified atom stereocenters. The van der Waals surface area contributed by atoms with Crippen molar-refractivity contribution >= 4 is 11.7 Å². The normalized spacial score (nSPS) is 15.5. The molecule has 0 bridgehead atoms. The number of hydrogen-bond acceptors (Lipinski definition) is 4. The van der Waals surface area contributed by atoms with E-state index < -0.39 is 0 Å². The van der Waals surface area contributed by atoms with Gasteiger partial charge in [-0.05, 0) is 37.1 Å². The van der Waals surface area contributed by atoms with Crippen molar-refractivity contribution in [3.8, 4) is 11.4 Å². The quantitative estimate of drug-likeness (QED) is 0.889. The minimum absolute atomic E-state index is 0.149. The molecule has 128 valence electrons. The summed E-state index contributed by atoms with van der Waals surface area (Å²) in [6.07, 6.45) is 4.53. The predicted octanol–water partition coefficient (Wildman–Crippen LogP) is 4.10. The van der Waals surface area contributed by atoms with Gasteiger partial charge in [0, 0.05) is 22.7 Å². The molecule has 1 aromatic heterocycles. The number of aromatic nitrogens is 2. The van der Waals surface area contributed by atoms with Crippen LogP contribution in [0.3, 0.4) is 0 Å². The molecule has 1 saturated carbocycles. The molecule has 0 spiro atoms. The van der Waals surface area contributed by atoms with E-state index in [0.29, 0.717) is 17.8 Å². The minimum atomic E-state index is -0.176. The molecular weight excluding hydrogens is 304 g/mol. The molecule has 6 nitrogen and oxygen atoms in total. The van der Waals surface area contributed by atoms with Crippen molar-refractivity contribution < 1.29 is 9.32 Å². The van der Waals surface area contributed by atoms with Gasteiger partial charge >= 0.3 is 6.03 Å². The maximum atomic E-state index is 12.0. The lowest BCUT2D eigenvalue weighted by Crippen LogP contribution is -2.36. The first-order valence-corrected chi connectivity index (χ1v) is 8.44. The SMILES string of the molecule is CC(C)(C)c1nc(-c2ccc(NC(=O)NC3CCCC3)cc2)no1. The molecule has 3 rings (SSSR count). The van der Waals surface area contributed by atoms with E-state index in [1.165, 1.54) is 12.8 Å². The average Bonchev–Trinajstić information content (AvgIpc) is 3.18. The largest absolute Gasteiger partial charge is 0.338 e. The highest BCUT2D eigenvalue weighted by molar-refractivity contribution is 5.89. The van der Waals surface area contributed by atoms with E-state index in [0.717, 1.165) is 24.1 Å². The summed E-state index contributed by atoms with van der Waals surface area (Å²) in [5.74, 6) is 1.16. The van der Waals surface area contributed by atoms with Crippen LogP contribution in [0.4, 0.5) is 10.5 Å². The number of nitrogens with zero attached hydrogens (tertiary/aromatic N) is 2. The van der Waals surface area contributed by atoms with Gasteiger partial charge in [-0.2, -0.15) is 4.98 Å². The Morgan fingerprint density at radius 3 is 2.42 bits per heavy atom. The number of benzene rings is 1. The van der Waals surface area contributed by atoms with Gasteiger partial charge in [-0.25, -0.2) is 4.79 Å². The lowest BCUT2D eigenvalue weighted by molar-refractivity contribution is 0.248. The molecule has 1 aliphatic rings. The Bertz CT molecular complexity index is 695. The van der Waals surface area contributed by atoms with Crippen LogP contribution in [-0.4, -0.2) is 22.2 Å². The van der Waals surface area contributed by atoms with Gasteiger partial charge in [0.15, 0.2) is 0 Å². The van der Waals surface area contributed by atoms with E-state index in [-0.39, 0.29) is 11.4 Å². The Hall–Kier alpha value is -2.37. The third-order valence-electron chi connectivity index (χ3n) is 4.16. The van der Waals surface area contributed by atoms with Crippen LogP contribution in [-0.2, 0) is 5.41 Å². The Balaban J connectivity index is 1.62. The van der Waals surface area contributed by atoms with Crippen molar-refractivity contribution in [2.45, 2.75) is 57.9 Å². The molecule has 0 saturated heterocycles. The maximum absolute atomic E-state index is 12.0. The smallest absolute Gasteiger partial charge is 0.319 e. The van der Waals surface area contributed by atoms with E-state index in [9.17, 15) is 4.79 Å². The lowest BCUT2D eigenvalue weighted by Gasteiger charge is -2.13. The molecule has 2 N–H and O–H groups in total. The number of hydrogen-bond donors (Lipinski definition) is 2. The number of anilines is 1. The van der Waals surface area contributed by atoms with Crippen LogP contribution in [0.2, 0.25) is 0 Å². The summed E-state index contributed by atoms with van der Waals surface area (Å²) in [7, 11) is 0. The van der Waals surface area contributed by atoms with Gasteiger partial charge in [0.25, 0.3) is 0 Å². The Kier molecular flexibility index (Phi) is 4.55. The maximum Gasteiger partial charge on any atom is 0.319 e. The molecule has 0 radical (unpaired) electrons. The monoisotopic (exact) mass is 328 g/mol. The number of carbonyl (C=O) groups excluding carboxylic acids is 1. The van der Waals surface area contributed by atoms with Crippen LogP contribution in [0, 0.1) is 0 Å². The van der Waals surface area contributed by atoms with Gasteiger partial charge in [-0.1, -0.05) is 38.8 Å². The molecule has 2 amide bonds. The fourth-order valence-corrected chi connectivity index (χ4v) is 2.77. The van der Waals surface area contributed by atoms with E-state index in [4.69, 9.17) is 4.52 Å². The number of rotatable bonds is 3. The highest BCUT2D eigenvalue weighted by Gasteiger charge is 2.22. The summed E-state index contributed by atoms with van der Waals surface area (Å²) < 4.78 is 5.31. The van der Waals surface area contributed by atoms with E-state index >= 15 is 0 Å². The van der Waals surface area contributed by atoms with Gasteiger partial charge in [-0.3, -0.25) is 0 Å². The summed E-state index contributed by atoms with van der Waals surface area (Å²) in [4.78, 5) is 16.4. The molecule has 0 aliphatic heterocycles. The van der Waals surface area contributed by atoms with Crippen molar-refractivity contribution in [1.82, 2.24) is 15.5 Å². The van der Waals surface area contributed by atoms with Crippen molar-refractivity contribution in [2.24, 2.45) is 0 Å². The second-order valence-corrected chi connectivity index (χ2v) is 7.33. The van der Waals surface area contributed by atoms with Crippen LogP contribution in [0.15, 0.2) is 28.8 Å². The summed E-state index contributed by atoms with van der Waals surface area (Å²) >= 11 is 0. The number of amides is 2. The second-order valence-electron chi connectivity index (χ2n) is 7.33. The Labute approximate surface area is 142 Å². The molecule has 2 aromatic rings. The molecule has 1 heterocycles. The van der Waals surface area contributed by atoms with Crippen LogP contribution in [0.5, 0.6) is 0 Å². The zero-order chi connectivity index (χ0) is 17.2. The number of nitrogens with one attached hydrogen (secondary N) is 2. The summed E-state index contributed by atoms with van der Waals surface area (Å²) in [6, 6.07) is 7.60. The summed E-state index contributed by atoms with van der Waals surface area (Å²) in [5.41, 5.74) is 1.43. The van der Waals surface area contributed by atoms with Gasteiger partial charge in [-0.15, -0.1) is 0 Å². The van der Waals surface area contributed by atoms with Crippen LogP contribution in [0.25, 0.3) is 11.4 Å². The third-order valence-corrected chi connectivity index (χ3v) is 4.16. The van der Waals surface area contributed by atoms with Crippen LogP contribution >= 0.6 is 0 Å². The highest BCUT2D eigenvalue weighted by atomic mass is 16.5. The summed E-state index contributed by atoms with van der Waals surface area (Å²) in [6.45, 7) is 6.08. The first kappa shape index (κ1) is 16.5. The molecule has 0 atom stereocenters. The number of carbonyl (C=O) groups is 1. The predicted molar refractivity (Wildman–Crippen MR) is 92.8 cm³/mol. The van der Waals surface area contributed by atoms with Gasteiger partial charge in [0.2, 0.25) is 11.7 Å². The molecule has 1 aromatic carbocycles. The van der Waals surface area contributed by atoms with Crippen molar-refractivity contribution in [2.75, 3.05) is 5.32 Å². The Morgan fingerprint density at radius 2 is 1.83 bits per heavy atom. The fourth-order valence-electron chi connectivity index (χ4n) is 2.77. The fraction of sp³-hybridized carbons (Fsp3) is 0.500. The van der Waals surface area contributed by atoms with Crippen LogP contribution in [0.1, 0.15) is 52.3 Å².